The van der Waals surface area contributed by atoms with Crippen molar-refractivity contribution >= 4 is 17.4 Å². The first-order valence-electron chi connectivity index (χ1n) is 10.1. The Hall–Kier alpha value is -2.40. The third-order valence-corrected chi connectivity index (χ3v) is 5.78. The van der Waals surface area contributed by atoms with E-state index < -0.39 is 0 Å². The molecule has 0 aromatic heterocycles. The molecule has 0 radical (unpaired) electrons. The minimum absolute atomic E-state index is 0.0374. The summed E-state index contributed by atoms with van der Waals surface area (Å²) >= 11 is 0. The van der Waals surface area contributed by atoms with E-state index in [1.807, 2.05) is 41.3 Å². The van der Waals surface area contributed by atoms with E-state index in [1.165, 1.54) is 5.70 Å². The number of nitrogens with zero attached hydrogens (tertiary/aromatic N) is 3. The highest BCUT2D eigenvalue weighted by Crippen LogP contribution is 2.39. The number of carbonyl (C=O) groups excluding carboxylic acids is 1. The predicted molar refractivity (Wildman–Crippen MR) is 109 cm³/mol. The molecular weight excluding hydrogens is 336 g/mol. The lowest BCUT2D eigenvalue weighted by molar-refractivity contribution is -0.113. The first-order chi connectivity index (χ1) is 13.2. The van der Waals surface area contributed by atoms with Crippen LogP contribution in [0.5, 0.6) is 0 Å². The smallest absolute Gasteiger partial charge is 0.298 e. The van der Waals surface area contributed by atoms with Gasteiger partial charge in [0.25, 0.3) is 5.91 Å². The Morgan fingerprint density at radius 1 is 1.11 bits per heavy atom. The van der Waals surface area contributed by atoms with Crippen LogP contribution in [0.1, 0.15) is 46.0 Å². The van der Waals surface area contributed by atoms with Crippen LogP contribution in [0.4, 0.5) is 5.69 Å². The lowest BCUT2D eigenvalue weighted by Gasteiger charge is -2.48. The molecule has 0 bridgehead atoms. The van der Waals surface area contributed by atoms with Crippen molar-refractivity contribution in [2.45, 2.75) is 51.5 Å². The molecule has 1 amide bonds. The van der Waals surface area contributed by atoms with Crippen LogP contribution < -0.4 is 10.2 Å². The van der Waals surface area contributed by atoms with E-state index in [0.717, 1.165) is 50.0 Å². The normalized spacial score (nSPS) is 21.1. The number of aliphatic imine (C=N–C) groups is 1. The molecular formula is C22H28N4O. The number of hydrogen-bond acceptors (Lipinski definition) is 4. The molecule has 0 spiro atoms. The first kappa shape index (κ1) is 18.0. The van der Waals surface area contributed by atoms with Crippen molar-refractivity contribution in [3.8, 4) is 0 Å². The van der Waals surface area contributed by atoms with E-state index in [2.05, 4.69) is 29.1 Å². The van der Waals surface area contributed by atoms with Crippen LogP contribution in [0.25, 0.3) is 0 Å². The second-order valence-electron chi connectivity index (χ2n) is 7.63. The second-order valence-corrected chi connectivity index (χ2v) is 7.63. The maximum Gasteiger partial charge on any atom is 0.298 e. The zero-order valence-corrected chi connectivity index (χ0v) is 16.2. The largest absolute Gasteiger partial charge is 0.320 e. The van der Waals surface area contributed by atoms with Crippen LogP contribution in [0.3, 0.4) is 0 Å². The first-order valence-corrected chi connectivity index (χ1v) is 10.1. The molecule has 0 saturated carbocycles. The zero-order valence-electron chi connectivity index (χ0n) is 16.2. The number of hydrogen-bond donors (Lipinski definition) is 1. The van der Waals surface area contributed by atoms with Crippen molar-refractivity contribution < 1.29 is 4.79 Å². The van der Waals surface area contributed by atoms with Crippen LogP contribution in [0.2, 0.25) is 0 Å². The van der Waals surface area contributed by atoms with Crippen molar-refractivity contribution in [1.82, 2.24) is 10.2 Å². The molecule has 1 N–H and O–H groups in total. The molecule has 0 fully saturated rings. The fourth-order valence-corrected chi connectivity index (χ4v) is 4.67. The van der Waals surface area contributed by atoms with E-state index in [4.69, 9.17) is 0 Å². The highest BCUT2D eigenvalue weighted by Gasteiger charge is 2.44. The number of para-hydroxylation sites is 1. The Morgan fingerprint density at radius 2 is 1.85 bits per heavy atom. The fourth-order valence-electron chi connectivity index (χ4n) is 4.67. The maximum absolute atomic E-state index is 13.3. The number of amides is 1. The van der Waals surface area contributed by atoms with Gasteiger partial charge in [0.05, 0.1) is 5.70 Å². The number of benzene rings is 1. The molecule has 0 saturated heterocycles. The molecule has 5 nitrogen and oxygen atoms in total. The Bertz CT molecular complexity index is 803. The van der Waals surface area contributed by atoms with Crippen molar-refractivity contribution in [3.63, 3.8) is 0 Å². The van der Waals surface area contributed by atoms with E-state index in [-0.39, 0.29) is 11.4 Å². The summed E-state index contributed by atoms with van der Waals surface area (Å²) in [6, 6.07) is 9.93. The molecule has 4 rings (SSSR count). The number of carbonyl (C=O) groups is 1. The highest BCUT2D eigenvalue weighted by atomic mass is 16.2. The molecule has 0 aliphatic carbocycles. The summed E-state index contributed by atoms with van der Waals surface area (Å²) in [7, 11) is 0. The van der Waals surface area contributed by atoms with E-state index in [1.54, 1.807) is 6.20 Å². The monoisotopic (exact) mass is 364 g/mol. The summed E-state index contributed by atoms with van der Waals surface area (Å²) in [6.07, 6.45) is 9.32. The summed E-state index contributed by atoms with van der Waals surface area (Å²) in [5, 5.41) is 3.81. The van der Waals surface area contributed by atoms with Gasteiger partial charge in [0.1, 0.15) is 0 Å². The summed E-state index contributed by atoms with van der Waals surface area (Å²) in [5.74, 6) is 0.508. The summed E-state index contributed by atoms with van der Waals surface area (Å²) < 4.78 is 0. The zero-order chi connectivity index (χ0) is 18.9. The quantitative estimate of drug-likeness (QED) is 0.864. The number of amidine groups is 1. The van der Waals surface area contributed by atoms with Crippen LogP contribution in [0, 0.1) is 0 Å². The van der Waals surface area contributed by atoms with Crippen LogP contribution in [0.15, 0.2) is 59.0 Å². The molecule has 3 aliphatic rings. The number of nitrogens with one attached hydrogen (secondary N) is 1. The summed E-state index contributed by atoms with van der Waals surface area (Å²) in [6.45, 7) is 5.93. The molecule has 1 aromatic carbocycles. The molecule has 3 aliphatic heterocycles. The Kier molecular flexibility index (Phi) is 4.87. The second kappa shape index (κ2) is 7.31. The van der Waals surface area contributed by atoms with Gasteiger partial charge in [-0.25, -0.2) is 4.99 Å². The van der Waals surface area contributed by atoms with Gasteiger partial charge in [-0.15, -0.1) is 0 Å². The fraction of sp³-hybridized carbons (Fsp3) is 0.455. The van der Waals surface area contributed by atoms with Crippen molar-refractivity contribution in [1.29, 1.82) is 0 Å². The van der Waals surface area contributed by atoms with Crippen LogP contribution >= 0.6 is 0 Å². The predicted octanol–water partition coefficient (Wildman–Crippen LogP) is 3.80. The van der Waals surface area contributed by atoms with Crippen LogP contribution in [-0.2, 0) is 4.79 Å². The van der Waals surface area contributed by atoms with Gasteiger partial charge >= 0.3 is 0 Å². The number of fused-ring (bicyclic) bond motifs is 2. The Balaban J connectivity index is 1.81. The average molecular weight is 364 g/mol. The Morgan fingerprint density at radius 3 is 2.56 bits per heavy atom. The molecule has 3 heterocycles. The molecule has 0 atom stereocenters. The average Bonchev–Trinajstić information content (AvgIpc) is 2.70. The molecule has 0 unspecified atom stereocenters. The number of anilines is 1. The topological polar surface area (TPSA) is 47.9 Å². The van der Waals surface area contributed by atoms with Gasteiger partial charge in [-0.05, 0) is 31.1 Å². The molecule has 1 aromatic rings. The third-order valence-electron chi connectivity index (χ3n) is 5.78. The lowest BCUT2D eigenvalue weighted by atomic mass is 9.80. The number of rotatable bonds is 5. The van der Waals surface area contributed by atoms with Crippen molar-refractivity contribution in [2.24, 2.45) is 4.99 Å². The summed E-state index contributed by atoms with van der Waals surface area (Å²) in [5.41, 5.74) is 3.34. The third kappa shape index (κ3) is 3.10. The molecule has 5 heteroatoms. The van der Waals surface area contributed by atoms with Crippen molar-refractivity contribution in [3.05, 3.63) is 54.0 Å². The van der Waals surface area contributed by atoms with E-state index >= 15 is 0 Å². The van der Waals surface area contributed by atoms with Gasteiger partial charge in [-0.2, -0.15) is 0 Å². The van der Waals surface area contributed by atoms with Gasteiger partial charge in [-0.3, -0.25) is 9.69 Å². The highest BCUT2D eigenvalue weighted by molar-refractivity contribution is 6.45. The summed E-state index contributed by atoms with van der Waals surface area (Å²) in [4.78, 5) is 21.7. The van der Waals surface area contributed by atoms with Gasteiger partial charge < -0.3 is 10.2 Å². The van der Waals surface area contributed by atoms with Crippen LogP contribution in [-0.4, -0.2) is 35.3 Å². The molecule has 27 heavy (non-hydrogen) atoms. The van der Waals surface area contributed by atoms with Gasteiger partial charge in [0.2, 0.25) is 0 Å². The van der Waals surface area contributed by atoms with E-state index in [9.17, 15) is 4.79 Å². The molecule has 142 valence electrons. The van der Waals surface area contributed by atoms with E-state index in [0.29, 0.717) is 12.4 Å². The van der Waals surface area contributed by atoms with Gasteiger partial charge in [0.15, 0.2) is 5.84 Å². The maximum atomic E-state index is 13.3. The minimum atomic E-state index is -0.0374. The SMILES string of the molecule is CCCC1(CCC)CC2=C(CN1)N(c1ccccc1)C(=O)C1=NC=CCN12. The van der Waals surface area contributed by atoms with Gasteiger partial charge in [0, 0.05) is 42.6 Å². The lowest BCUT2D eigenvalue weighted by Crippen LogP contribution is -2.60. The standard InChI is InChI=1S/C22H28N4O/c1-3-11-22(12-4-2)15-18-19(16-24-22)26(17-9-6-5-7-10-17)21(27)20-23-13-8-14-25(18)20/h5-10,13,24H,3-4,11-12,14-16H2,1-2H3. The minimum Gasteiger partial charge on any atom is -0.320 e. The van der Waals surface area contributed by atoms with Crippen molar-refractivity contribution in [2.75, 3.05) is 18.0 Å². The Labute approximate surface area is 161 Å². The van der Waals surface area contributed by atoms with Gasteiger partial charge in [-0.1, -0.05) is 44.9 Å².